The molecule has 0 radical (unpaired) electrons. The average Bonchev–Trinajstić information content (AvgIpc) is 2.47. The van der Waals surface area contributed by atoms with E-state index < -0.39 is 10.0 Å². The van der Waals surface area contributed by atoms with Gasteiger partial charge in [0.15, 0.2) is 0 Å². The zero-order valence-corrected chi connectivity index (χ0v) is 12.3. The monoisotopic (exact) mass is 309 g/mol. The lowest BCUT2D eigenvalue weighted by Crippen LogP contribution is -2.24. The van der Waals surface area contributed by atoms with Gasteiger partial charge in [0.1, 0.15) is 10.7 Å². The molecule has 21 heavy (non-hydrogen) atoms. The highest BCUT2D eigenvalue weighted by molar-refractivity contribution is 7.89. The van der Waals surface area contributed by atoms with Gasteiger partial charge in [-0.1, -0.05) is 12.1 Å². The Bertz CT molecular complexity index is 702. The van der Waals surface area contributed by atoms with Gasteiger partial charge in [0.2, 0.25) is 10.0 Å². The van der Waals surface area contributed by atoms with E-state index in [-0.39, 0.29) is 17.3 Å². The molecular weight excluding hydrogens is 293 g/mol. The average molecular weight is 309 g/mol. The van der Waals surface area contributed by atoms with Gasteiger partial charge in [-0.05, 0) is 30.7 Å². The van der Waals surface area contributed by atoms with Crippen molar-refractivity contribution < 1.29 is 12.8 Å². The fourth-order valence-corrected chi connectivity index (χ4v) is 2.93. The molecule has 0 saturated carbocycles. The summed E-state index contributed by atoms with van der Waals surface area (Å²) < 4.78 is 39.9. The Kier molecular flexibility index (Phi) is 4.87. The SMILES string of the molecule is CCNc1ccncc1S(=O)(=O)NCc1ccc(F)cc1. The Morgan fingerprint density at radius 3 is 2.57 bits per heavy atom. The molecule has 0 aliphatic heterocycles. The predicted octanol–water partition coefficient (Wildman–Crippen LogP) is 2.13. The highest BCUT2D eigenvalue weighted by Gasteiger charge is 2.18. The van der Waals surface area contributed by atoms with Crippen LogP contribution in [0, 0.1) is 5.82 Å². The van der Waals surface area contributed by atoms with Crippen LogP contribution in [-0.2, 0) is 16.6 Å². The molecule has 1 aromatic heterocycles. The van der Waals surface area contributed by atoms with E-state index >= 15 is 0 Å². The minimum atomic E-state index is -3.69. The highest BCUT2D eigenvalue weighted by atomic mass is 32.2. The largest absolute Gasteiger partial charge is 0.384 e. The topological polar surface area (TPSA) is 71.1 Å². The fraction of sp³-hybridized carbons (Fsp3) is 0.214. The van der Waals surface area contributed by atoms with E-state index in [9.17, 15) is 12.8 Å². The molecule has 0 aliphatic carbocycles. The number of aromatic nitrogens is 1. The summed E-state index contributed by atoms with van der Waals surface area (Å²) in [7, 11) is -3.69. The Balaban J connectivity index is 2.17. The number of benzene rings is 1. The van der Waals surface area contributed by atoms with Gasteiger partial charge in [-0.2, -0.15) is 0 Å². The molecule has 112 valence electrons. The van der Waals surface area contributed by atoms with Crippen molar-refractivity contribution >= 4 is 15.7 Å². The molecule has 7 heteroatoms. The summed E-state index contributed by atoms with van der Waals surface area (Å²) >= 11 is 0. The van der Waals surface area contributed by atoms with Gasteiger partial charge in [-0.15, -0.1) is 0 Å². The summed E-state index contributed by atoms with van der Waals surface area (Å²) in [4.78, 5) is 3.94. The molecule has 0 bridgehead atoms. The summed E-state index contributed by atoms with van der Waals surface area (Å²) in [6, 6.07) is 7.25. The molecule has 0 aliphatic rings. The van der Waals surface area contributed by atoms with Crippen LogP contribution < -0.4 is 10.0 Å². The van der Waals surface area contributed by atoms with Crippen LogP contribution in [0.25, 0.3) is 0 Å². The van der Waals surface area contributed by atoms with Crippen LogP contribution in [0.4, 0.5) is 10.1 Å². The second-order valence-corrected chi connectivity index (χ2v) is 6.09. The second-order valence-electron chi connectivity index (χ2n) is 4.35. The molecule has 2 aromatic rings. The first-order chi connectivity index (χ1) is 10.0. The Morgan fingerprint density at radius 1 is 1.19 bits per heavy atom. The van der Waals surface area contributed by atoms with E-state index in [4.69, 9.17) is 0 Å². The lowest BCUT2D eigenvalue weighted by Gasteiger charge is -2.11. The third kappa shape index (κ3) is 3.99. The number of hydrogen-bond donors (Lipinski definition) is 2. The summed E-state index contributed by atoms with van der Waals surface area (Å²) in [5, 5.41) is 2.98. The number of halogens is 1. The van der Waals surface area contributed by atoms with Crippen LogP contribution >= 0.6 is 0 Å². The minimum absolute atomic E-state index is 0.0864. The maximum absolute atomic E-state index is 12.8. The summed E-state index contributed by atoms with van der Waals surface area (Å²) in [6.45, 7) is 2.57. The van der Waals surface area contributed by atoms with Gasteiger partial charge in [0.05, 0.1) is 5.69 Å². The maximum Gasteiger partial charge on any atom is 0.244 e. The van der Waals surface area contributed by atoms with Crippen LogP contribution in [0.15, 0.2) is 47.6 Å². The second kappa shape index (κ2) is 6.64. The van der Waals surface area contributed by atoms with Crippen molar-refractivity contribution in [3.8, 4) is 0 Å². The quantitative estimate of drug-likeness (QED) is 0.857. The molecular formula is C14H16FN3O2S. The number of rotatable bonds is 6. The molecule has 0 fully saturated rings. The minimum Gasteiger partial charge on any atom is -0.384 e. The van der Waals surface area contributed by atoms with Crippen molar-refractivity contribution in [1.82, 2.24) is 9.71 Å². The fourth-order valence-electron chi connectivity index (χ4n) is 1.79. The summed E-state index contributed by atoms with van der Waals surface area (Å²) in [5.41, 5.74) is 1.17. The highest BCUT2D eigenvalue weighted by Crippen LogP contribution is 2.19. The Labute approximate surface area is 123 Å². The Morgan fingerprint density at radius 2 is 1.90 bits per heavy atom. The van der Waals surface area contributed by atoms with E-state index in [0.717, 1.165) is 0 Å². The first kappa shape index (κ1) is 15.4. The van der Waals surface area contributed by atoms with Gasteiger partial charge in [-0.25, -0.2) is 17.5 Å². The third-order valence-corrected chi connectivity index (χ3v) is 4.25. The smallest absolute Gasteiger partial charge is 0.244 e. The predicted molar refractivity (Wildman–Crippen MR) is 78.8 cm³/mol. The van der Waals surface area contributed by atoms with E-state index in [1.54, 1.807) is 6.07 Å². The molecule has 2 rings (SSSR count). The van der Waals surface area contributed by atoms with Crippen molar-refractivity contribution in [1.29, 1.82) is 0 Å². The van der Waals surface area contributed by atoms with Crippen LogP contribution in [-0.4, -0.2) is 19.9 Å². The Hall–Kier alpha value is -1.99. The number of nitrogens with one attached hydrogen (secondary N) is 2. The van der Waals surface area contributed by atoms with Crippen LogP contribution in [0.5, 0.6) is 0 Å². The number of pyridine rings is 1. The first-order valence-electron chi connectivity index (χ1n) is 6.45. The standard InChI is InChI=1S/C14H16FN3O2S/c1-2-17-13-7-8-16-10-14(13)21(19,20)18-9-11-3-5-12(15)6-4-11/h3-8,10,18H,2,9H2,1H3,(H,16,17). The number of anilines is 1. The van der Waals surface area contributed by atoms with E-state index in [1.165, 1.54) is 36.7 Å². The molecule has 2 N–H and O–H groups in total. The molecule has 1 aromatic carbocycles. The van der Waals surface area contributed by atoms with Crippen LogP contribution in [0.2, 0.25) is 0 Å². The zero-order chi connectivity index (χ0) is 15.3. The van der Waals surface area contributed by atoms with Crippen molar-refractivity contribution in [2.75, 3.05) is 11.9 Å². The van der Waals surface area contributed by atoms with Crippen LogP contribution in [0.3, 0.4) is 0 Å². The molecule has 0 atom stereocenters. The number of nitrogens with zero attached hydrogens (tertiary/aromatic N) is 1. The summed E-state index contributed by atoms with van der Waals surface area (Å²) in [5.74, 6) is -0.358. The van der Waals surface area contributed by atoms with Crippen molar-refractivity contribution in [2.45, 2.75) is 18.4 Å². The molecule has 0 amide bonds. The van der Waals surface area contributed by atoms with Crippen LogP contribution in [0.1, 0.15) is 12.5 Å². The van der Waals surface area contributed by atoms with E-state index in [0.29, 0.717) is 17.8 Å². The normalized spacial score (nSPS) is 11.3. The van der Waals surface area contributed by atoms with Gasteiger partial charge < -0.3 is 5.32 Å². The van der Waals surface area contributed by atoms with E-state index in [2.05, 4.69) is 15.0 Å². The van der Waals surface area contributed by atoms with Gasteiger partial charge >= 0.3 is 0 Å². The molecule has 0 spiro atoms. The maximum atomic E-state index is 12.8. The molecule has 1 heterocycles. The number of sulfonamides is 1. The molecule has 0 unspecified atom stereocenters. The number of hydrogen-bond acceptors (Lipinski definition) is 4. The molecule has 5 nitrogen and oxygen atoms in total. The van der Waals surface area contributed by atoms with Crippen molar-refractivity contribution in [3.05, 3.63) is 54.1 Å². The van der Waals surface area contributed by atoms with Gasteiger partial charge in [-0.3, -0.25) is 4.98 Å². The van der Waals surface area contributed by atoms with Crippen molar-refractivity contribution in [2.24, 2.45) is 0 Å². The lowest BCUT2D eigenvalue weighted by atomic mass is 10.2. The lowest BCUT2D eigenvalue weighted by molar-refractivity contribution is 0.581. The van der Waals surface area contributed by atoms with E-state index in [1.807, 2.05) is 6.92 Å². The van der Waals surface area contributed by atoms with Crippen molar-refractivity contribution in [3.63, 3.8) is 0 Å². The third-order valence-electron chi connectivity index (χ3n) is 2.82. The summed E-state index contributed by atoms with van der Waals surface area (Å²) in [6.07, 6.45) is 2.82. The van der Waals surface area contributed by atoms with Gasteiger partial charge in [0, 0.05) is 25.5 Å². The van der Waals surface area contributed by atoms with Gasteiger partial charge in [0.25, 0.3) is 0 Å². The molecule has 0 saturated heterocycles. The first-order valence-corrected chi connectivity index (χ1v) is 7.93. The zero-order valence-electron chi connectivity index (χ0n) is 11.5.